The molecule has 7 atom stereocenters. The molecule has 11 nitrogen and oxygen atoms in total. The van der Waals surface area contributed by atoms with Gasteiger partial charge in [0.25, 0.3) is 5.91 Å². The van der Waals surface area contributed by atoms with Gasteiger partial charge in [-0.1, -0.05) is 121 Å². The number of likely N-dealkylation sites (tertiary alicyclic amines) is 1. The molecule has 6 unspecified atom stereocenters. The first-order chi connectivity index (χ1) is 25.5. The smallest absolute Gasteiger partial charge is 0.315 e. The van der Waals surface area contributed by atoms with Crippen LogP contribution in [0.5, 0.6) is 0 Å². The Morgan fingerprint density at radius 2 is 1.40 bits per heavy atom. The average molecular weight is 800 g/mol. The van der Waals surface area contributed by atoms with Gasteiger partial charge in [0.2, 0.25) is 17.6 Å². The van der Waals surface area contributed by atoms with Crippen molar-refractivity contribution in [2.24, 2.45) is 17.8 Å². The number of Topliss-reactive ketones (excluding diaryl/α,β-unsaturated/α-hetero) is 1. The summed E-state index contributed by atoms with van der Waals surface area (Å²) in [5.41, 5.74) is -0.733. The van der Waals surface area contributed by atoms with Crippen molar-refractivity contribution in [1.29, 1.82) is 0 Å². The van der Waals surface area contributed by atoms with Crippen molar-refractivity contribution >= 4 is 40.3 Å². The molecular formula is C43H85N5O6S. The van der Waals surface area contributed by atoms with Gasteiger partial charge in [0.1, 0.15) is 12.1 Å². The average Bonchev–Trinajstić information content (AvgIpc) is 3.49. The van der Waals surface area contributed by atoms with Crippen molar-refractivity contribution < 1.29 is 28.2 Å². The minimum atomic E-state index is -1.22. The number of unbranched alkanes of at least 4 members (excludes halogenated alkanes) is 1. The van der Waals surface area contributed by atoms with Crippen LogP contribution in [0.1, 0.15) is 169 Å². The summed E-state index contributed by atoms with van der Waals surface area (Å²) >= 11 is 0. The van der Waals surface area contributed by atoms with Gasteiger partial charge in [-0.15, -0.1) is 6.58 Å². The highest BCUT2D eigenvalue weighted by Gasteiger charge is 2.43. The van der Waals surface area contributed by atoms with Crippen LogP contribution >= 0.6 is 0 Å². The summed E-state index contributed by atoms with van der Waals surface area (Å²) < 4.78 is 12.8. The van der Waals surface area contributed by atoms with E-state index in [1.807, 2.05) is 41.5 Å². The van der Waals surface area contributed by atoms with Gasteiger partial charge in [-0.05, 0) is 71.1 Å². The molecule has 0 saturated carbocycles. The maximum atomic E-state index is 13.7. The first-order valence-electron chi connectivity index (χ1n) is 21.0. The molecule has 4 N–H and O–H groups in total. The minimum Gasteiger partial charge on any atom is -0.346 e. The predicted molar refractivity (Wildman–Crippen MR) is 232 cm³/mol. The lowest BCUT2D eigenvalue weighted by molar-refractivity contribution is -0.142. The second kappa shape index (κ2) is 30.4. The van der Waals surface area contributed by atoms with Crippen LogP contribution in [-0.4, -0.2) is 85.9 Å². The topological polar surface area (TPSA) is 154 Å². The molecule has 1 heterocycles. The second-order valence-corrected chi connectivity index (χ2v) is 18.9. The highest BCUT2D eigenvalue weighted by molar-refractivity contribution is 7.86. The summed E-state index contributed by atoms with van der Waals surface area (Å²) in [6, 6.07) is -3.34. The van der Waals surface area contributed by atoms with E-state index in [4.69, 9.17) is 0 Å². The Kier molecular flexibility index (Phi) is 31.3. The Morgan fingerprint density at radius 1 is 0.873 bits per heavy atom. The third kappa shape index (κ3) is 23.2. The Balaban J connectivity index is -0.00000241. The van der Waals surface area contributed by atoms with Crippen molar-refractivity contribution in [1.82, 2.24) is 26.2 Å². The van der Waals surface area contributed by atoms with Crippen LogP contribution in [0.3, 0.4) is 0 Å². The molecule has 5 amide bonds. The van der Waals surface area contributed by atoms with Crippen LogP contribution in [0.2, 0.25) is 0 Å². The maximum absolute atomic E-state index is 13.7. The number of nitrogens with zero attached hydrogens (tertiary/aromatic N) is 1. The molecule has 0 aromatic carbocycles. The first kappa shape index (κ1) is 56.6. The lowest BCUT2D eigenvalue weighted by atomic mass is 9.81. The molecule has 0 bridgehead atoms. The Labute approximate surface area is 340 Å². The number of carbonyl (C=O) groups is 5. The Bertz CT molecular complexity index is 1150. The number of ketones is 1. The van der Waals surface area contributed by atoms with E-state index in [-0.39, 0.29) is 18.4 Å². The van der Waals surface area contributed by atoms with E-state index in [1.54, 1.807) is 6.92 Å². The summed E-state index contributed by atoms with van der Waals surface area (Å²) in [5.74, 6) is -1.27. The van der Waals surface area contributed by atoms with Gasteiger partial charge in [-0.25, -0.2) is 4.79 Å². The van der Waals surface area contributed by atoms with E-state index in [0.717, 1.165) is 25.2 Å². The molecule has 12 heteroatoms. The van der Waals surface area contributed by atoms with E-state index in [0.29, 0.717) is 38.0 Å². The SMILES string of the molecule is C=CCNC(=O)C(=O)C(CCCC)NC(=O)[C@@H]1CC(C)CN1C(=O)C(C)NC(=O)NC(CC)(CS(=O)C(C)(C)C)C(C)CCC.CC(C)C.CCC.CCC. The fourth-order valence-electron chi connectivity index (χ4n) is 5.66. The lowest BCUT2D eigenvalue weighted by Gasteiger charge is -2.41. The van der Waals surface area contributed by atoms with E-state index in [2.05, 4.69) is 90.2 Å². The Morgan fingerprint density at radius 3 is 1.84 bits per heavy atom. The molecule has 1 saturated heterocycles. The van der Waals surface area contributed by atoms with E-state index in [9.17, 15) is 28.2 Å². The normalized spacial score (nSPS) is 18.2. The summed E-state index contributed by atoms with van der Waals surface area (Å²) in [4.78, 5) is 67.2. The van der Waals surface area contributed by atoms with Crippen LogP contribution < -0.4 is 21.3 Å². The largest absolute Gasteiger partial charge is 0.346 e. The predicted octanol–water partition coefficient (Wildman–Crippen LogP) is 8.08. The first-order valence-corrected chi connectivity index (χ1v) is 22.4. The molecule has 1 aliphatic heterocycles. The molecule has 0 aliphatic carbocycles. The number of rotatable bonds is 18. The van der Waals surface area contributed by atoms with Gasteiger partial charge < -0.3 is 26.2 Å². The zero-order chi connectivity index (χ0) is 43.5. The standard InChI is InChI=1S/C33H59N5O6S.C4H10.2C3H8/c1-11-15-17-25(27(39)29(41)34-18-13-3)36-28(40)26-19-22(5)20-38(26)30(42)24(7)35-31(43)37-33(14-4,23(6)16-12-2)21-45(44)32(8,9)10;1-4(2)3;2*1-3-2/h13,22-26H,3,11-12,14-21H2,1-2,4-10H3,(H,34,41)(H,36,40)(H2,35,37,43);4H,1-3H3;2*3H2,1-2H3/t22?,23?,24?,25?,26-,33?,45?;;;/m0.../s1. The minimum absolute atomic E-state index is 0.0152. The maximum Gasteiger partial charge on any atom is 0.315 e. The number of urea groups is 1. The van der Waals surface area contributed by atoms with Crippen molar-refractivity contribution in [3.8, 4) is 0 Å². The van der Waals surface area contributed by atoms with Crippen LogP contribution in [0.15, 0.2) is 12.7 Å². The molecule has 324 valence electrons. The van der Waals surface area contributed by atoms with Crippen molar-refractivity contribution in [2.75, 3.05) is 18.8 Å². The van der Waals surface area contributed by atoms with Gasteiger partial charge in [0.15, 0.2) is 0 Å². The summed E-state index contributed by atoms with van der Waals surface area (Å²) in [7, 11) is -1.22. The number of nitrogens with one attached hydrogen (secondary N) is 4. The molecule has 55 heavy (non-hydrogen) atoms. The molecule has 1 rings (SSSR count). The van der Waals surface area contributed by atoms with Crippen LogP contribution in [0.25, 0.3) is 0 Å². The number of hydrogen-bond donors (Lipinski definition) is 4. The quantitative estimate of drug-likeness (QED) is 0.0813. The van der Waals surface area contributed by atoms with E-state index < -0.39 is 68.7 Å². The summed E-state index contributed by atoms with van der Waals surface area (Å²) in [6.07, 6.45) is 8.37. The molecule has 0 aromatic heterocycles. The molecule has 0 aromatic rings. The van der Waals surface area contributed by atoms with Crippen LogP contribution in [0.4, 0.5) is 4.79 Å². The van der Waals surface area contributed by atoms with Crippen molar-refractivity contribution in [3.63, 3.8) is 0 Å². The highest BCUT2D eigenvalue weighted by atomic mass is 32.2. The Hall–Kier alpha value is -2.76. The number of amides is 5. The van der Waals surface area contributed by atoms with Gasteiger partial charge in [0, 0.05) is 34.4 Å². The molecular weight excluding hydrogens is 715 g/mol. The van der Waals surface area contributed by atoms with E-state index in [1.165, 1.54) is 23.8 Å². The summed E-state index contributed by atoms with van der Waals surface area (Å²) in [6.45, 7) is 36.3. The van der Waals surface area contributed by atoms with Gasteiger partial charge >= 0.3 is 6.03 Å². The van der Waals surface area contributed by atoms with Crippen molar-refractivity contribution in [3.05, 3.63) is 12.7 Å². The molecule has 1 fully saturated rings. The van der Waals surface area contributed by atoms with E-state index >= 15 is 0 Å². The fourth-order valence-corrected chi connectivity index (χ4v) is 7.12. The lowest BCUT2D eigenvalue weighted by Crippen LogP contribution is -2.62. The zero-order valence-electron chi connectivity index (χ0n) is 38.0. The van der Waals surface area contributed by atoms with Crippen LogP contribution in [-0.2, 0) is 30.0 Å². The number of carbonyl (C=O) groups excluding carboxylic acids is 5. The van der Waals surface area contributed by atoms with Gasteiger partial charge in [-0.3, -0.25) is 23.4 Å². The zero-order valence-corrected chi connectivity index (χ0v) is 38.9. The van der Waals surface area contributed by atoms with Gasteiger partial charge in [0.05, 0.1) is 11.6 Å². The second-order valence-electron chi connectivity index (χ2n) is 16.7. The molecule has 0 spiro atoms. The third-order valence-corrected chi connectivity index (χ3v) is 10.8. The summed E-state index contributed by atoms with van der Waals surface area (Å²) in [5, 5.41) is 11.1. The van der Waals surface area contributed by atoms with Crippen molar-refractivity contribution in [2.45, 2.75) is 197 Å². The highest BCUT2D eigenvalue weighted by Crippen LogP contribution is 2.30. The number of hydrogen-bond acceptors (Lipinski definition) is 6. The van der Waals surface area contributed by atoms with Crippen LogP contribution in [0, 0.1) is 17.8 Å². The fraction of sp³-hybridized carbons (Fsp3) is 0.837. The van der Waals surface area contributed by atoms with Gasteiger partial charge in [-0.2, -0.15) is 0 Å². The molecule has 1 aliphatic rings. The molecule has 0 radical (unpaired) electrons. The third-order valence-electron chi connectivity index (χ3n) is 8.65. The monoisotopic (exact) mass is 800 g/mol.